The molecule has 0 fully saturated rings. The highest BCUT2D eigenvalue weighted by molar-refractivity contribution is 6.31. The molecule has 8 aromatic carbocycles. The Bertz CT molecular complexity index is 6120. The predicted molar refractivity (Wildman–Crippen MR) is 433 cm³/mol. The van der Waals surface area contributed by atoms with E-state index in [1.807, 2.05) is 183 Å². The first-order valence-electron chi connectivity index (χ1n) is 35.4. The molecule has 0 unspecified atom stereocenters. The van der Waals surface area contributed by atoms with E-state index in [2.05, 4.69) is 38.2 Å². The van der Waals surface area contributed by atoms with E-state index in [1.165, 1.54) is 60.2 Å². The molecule has 0 atom stereocenters. The summed E-state index contributed by atoms with van der Waals surface area (Å²) >= 11 is 18.1. The summed E-state index contributed by atoms with van der Waals surface area (Å²) in [5.41, 5.74) is 15.9. The van der Waals surface area contributed by atoms with Crippen molar-refractivity contribution in [1.82, 2.24) is 58.1 Å². The van der Waals surface area contributed by atoms with Gasteiger partial charge in [-0.1, -0.05) is 120 Å². The van der Waals surface area contributed by atoms with Crippen LogP contribution in [0.5, 0.6) is 11.5 Å². The molecule has 0 spiro atoms. The van der Waals surface area contributed by atoms with Crippen LogP contribution in [0.15, 0.2) is 255 Å². The smallest absolute Gasteiger partial charge is 0.335 e. The maximum Gasteiger partial charge on any atom is 0.335 e. The Kier molecular flexibility index (Phi) is 24.2. The van der Waals surface area contributed by atoms with Crippen LogP contribution in [0.2, 0.25) is 15.1 Å². The average Bonchev–Trinajstić information content (AvgIpc) is 1.66. The molecule has 25 heteroatoms. The summed E-state index contributed by atoms with van der Waals surface area (Å²) in [5, 5.41) is 39.2. The summed E-state index contributed by atoms with van der Waals surface area (Å²) in [6, 6.07) is 70.8. The summed E-state index contributed by atoms with van der Waals surface area (Å²) in [4.78, 5) is 81.6. The largest absolute Gasteiger partial charge is 0.497 e. The Morgan fingerprint density at radius 2 is 0.643 bits per heavy atom. The molecule has 0 saturated carbocycles. The maximum absolute atomic E-state index is 11.4. The molecule has 16 aromatic rings. The maximum atomic E-state index is 11.4. The van der Waals surface area contributed by atoms with Crippen molar-refractivity contribution < 1.29 is 49.1 Å². The third-order valence-electron chi connectivity index (χ3n) is 18.6. The lowest BCUT2D eigenvalue weighted by atomic mass is 10.1. The molecule has 0 aliphatic heterocycles. The molecule has 4 N–H and O–H groups in total. The van der Waals surface area contributed by atoms with Crippen molar-refractivity contribution in [3.63, 3.8) is 0 Å². The first-order chi connectivity index (χ1) is 54.4. The van der Waals surface area contributed by atoms with Crippen LogP contribution in [0, 0.1) is 6.92 Å². The Hall–Kier alpha value is -13.4. The van der Waals surface area contributed by atoms with Crippen molar-refractivity contribution in [2.75, 3.05) is 14.2 Å². The van der Waals surface area contributed by atoms with Crippen LogP contribution in [0.1, 0.15) is 69.2 Å². The van der Waals surface area contributed by atoms with Gasteiger partial charge in [0, 0.05) is 66.0 Å². The summed E-state index contributed by atoms with van der Waals surface area (Å²) in [6.07, 6.45) is 9.09. The summed E-state index contributed by atoms with van der Waals surface area (Å²) in [7, 11) is 3.27. The molecule has 112 heavy (non-hydrogen) atoms. The molecular weight excluding hydrogens is 1480 g/mol. The minimum absolute atomic E-state index is 0.174. The molecule has 0 saturated heterocycles. The van der Waals surface area contributed by atoms with Crippen LogP contribution in [-0.2, 0) is 51.9 Å². The number of carboxylic acids is 4. The molecular formula is C87H71Cl3N12O10. The number of aryl methyl sites for hydroxylation is 9. The molecule has 0 bridgehead atoms. The minimum Gasteiger partial charge on any atom is -0.497 e. The zero-order chi connectivity index (χ0) is 78.4. The molecule has 560 valence electrons. The lowest BCUT2D eigenvalue weighted by Crippen LogP contribution is -2.06. The number of para-hydroxylation sites is 8. The zero-order valence-corrected chi connectivity index (χ0v) is 62.9. The van der Waals surface area contributed by atoms with E-state index in [-0.39, 0.29) is 22.3 Å². The Balaban J connectivity index is 0.000000131. The van der Waals surface area contributed by atoms with Gasteiger partial charge in [0.15, 0.2) is 23.3 Å². The van der Waals surface area contributed by atoms with Crippen LogP contribution in [0.3, 0.4) is 0 Å². The monoisotopic (exact) mass is 1550 g/mol. The van der Waals surface area contributed by atoms with E-state index in [1.54, 1.807) is 44.6 Å². The second-order valence-electron chi connectivity index (χ2n) is 25.7. The van der Waals surface area contributed by atoms with Gasteiger partial charge < -0.3 is 48.2 Å². The molecule has 0 amide bonds. The number of hydrogen-bond acceptors (Lipinski definition) is 14. The number of benzene rings is 8. The predicted octanol–water partition coefficient (Wildman–Crippen LogP) is 18.4. The molecule has 0 aliphatic carbocycles. The number of fused-ring (bicyclic) bond motifs is 4. The number of ether oxygens (including phenoxy) is 2. The molecule has 16 rings (SSSR count). The lowest BCUT2D eigenvalue weighted by Gasteiger charge is -2.12. The number of imidazole rings is 4. The van der Waals surface area contributed by atoms with E-state index >= 15 is 0 Å². The summed E-state index contributed by atoms with van der Waals surface area (Å²) in [6.45, 7) is 4.74. The van der Waals surface area contributed by atoms with Crippen LogP contribution >= 0.6 is 34.8 Å². The Morgan fingerprint density at radius 3 is 0.973 bits per heavy atom. The van der Waals surface area contributed by atoms with Crippen molar-refractivity contribution in [3.05, 3.63) is 320 Å². The zero-order valence-electron chi connectivity index (χ0n) is 60.6. The van der Waals surface area contributed by atoms with Gasteiger partial charge in [-0.05, 0) is 206 Å². The van der Waals surface area contributed by atoms with Gasteiger partial charge in [0.05, 0.1) is 80.6 Å². The van der Waals surface area contributed by atoms with Crippen molar-refractivity contribution in [2.24, 2.45) is 0 Å². The van der Waals surface area contributed by atoms with Crippen LogP contribution < -0.4 is 9.47 Å². The van der Waals surface area contributed by atoms with Crippen molar-refractivity contribution in [3.8, 4) is 57.6 Å². The van der Waals surface area contributed by atoms with Gasteiger partial charge in [-0.2, -0.15) is 0 Å². The molecule has 8 heterocycles. The standard InChI is InChI=1S/C22H18ClN3O3.C22H18ClN3O2.C22H19N3O3.C21H16ClN3O2/c1-29-20-13-16(23)7-6-14(20)9-11-26-19-5-3-2-4-17(19)25-21(26)18-12-15(22(27)28)8-10-24-18;1-14-12-17(23)7-6-15(14)9-11-26-20-5-3-2-4-18(20)25-21(26)19-13-16(22(27)28)8-10-24-19;1-28-17-8-6-15(7-9-17)11-13-25-20-5-3-2-4-18(20)24-21(25)19-14-16(22(26)27)10-12-23-19;22-16-7-5-14(6-8-16)10-12-25-19-4-2-1-3-17(19)24-20(25)18-13-15(21(26)27)9-11-23-18/h2-8,10,12-13H,9,11H2,1H3,(H,27,28);2-8,10,12-13H,9,11H2,1H3,(H,27,28);2-10,12,14H,11,13H2,1H3,(H,26,27);1-9,11,13H,10,12H2,(H,26,27). The topological polar surface area (TPSA) is 290 Å². The number of nitrogens with zero attached hydrogens (tertiary/aromatic N) is 12. The second kappa shape index (κ2) is 35.3. The number of carbonyl (C=O) groups is 4. The highest BCUT2D eigenvalue weighted by atomic mass is 35.5. The van der Waals surface area contributed by atoms with Crippen molar-refractivity contribution >= 4 is 103 Å². The van der Waals surface area contributed by atoms with E-state index in [9.17, 15) is 39.6 Å². The van der Waals surface area contributed by atoms with Gasteiger partial charge in [-0.15, -0.1) is 0 Å². The van der Waals surface area contributed by atoms with Gasteiger partial charge in [0.2, 0.25) is 0 Å². The van der Waals surface area contributed by atoms with Crippen LogP contribution in [0.25, 0.3) is 90.2 Å². The number of rotatable bonds is 22. The first kappa shape index (κ1) is 76.8. The Morgan fingerprint density at radius 1 is 0.339 bits per heavy atom. The first-order valence-corrected chi connectivity index (χ1v) is 36.5. The van der Waals surface area contributed by atoms with E-state index in [4.69, 9.17) is 64.2 Å². The third-order valence-corrected chi connectivity index (χ3v) is 19.4. The quantitative estimate of drug-likeness (QED) is 0.0490. The van der Waals surface area contributed by atoms with E-state index < -0.39 is 23.9 Å². The van der Waals surface area contributed by atoms with E-state index in [0.717, 1.165) is 96.6 Å². The number of methoxy groups -OCH3 is 2. The number of halogens is 3. The van der Waals surface area contributed by atoms with Gasteiger partial charge in [-0.3, -0.25) is 19.9 Å². The molecule has 0 aliphatic rings. The highest BCUT2D eigenvalue weighted by Gasteiger charge is 2.22. The average molecular weight is 1550 g/mol. The Labute approximate surface area is 657 Å². The number of aromatic nitrogens is 12. The van der Waals surface area contributed by atoms with Gasteiger partial charge in [0.25, 0.3) is 0 Å². The highest BCUT2D eigenvalue weighted by Crippen LogP contribution is 2.32. The summed E-state index contributed by atoms with van der Waals surface area (Å²) < 4.78 is 19.0. The van der Waals surface area contributed by atoms with Crippen LogP contribution in [-0.4, -0.2) is 117 Å². The third kappa shape index (κ3) is 18.1. The second-order valence-corrected chi connectivity index (χ2v) is 27.1. The van der Waals surface area contributed by atoms with Gasteiger partial charge in [0.1, 0.15) is 34.3 Å². The number of pyridine rings is 4. The van der Waals surface area contributed by atoms with Gasteiger partial charge in [-0.25, -0.2) is 39.1 Å². The lowest BCUT2D eigenvalue weighted by molar-refractivity contribution is 0.0686. The van der Waals surface area contributed by atoms with Gasteiger partial charge >= 0.3 is 23.9 Å². The number of hydrogen-bond donors (Lipinski definition) is 4. The number of carboxylic acid groups (broad SMARTS) is 4. The number of aromatic carboxylic acids is 4. The van der Waals surface area contributed by atoms with Crippen molar-refractivity contribution in [2.45, 2.75) is 58.8 Å². The minimum atomic E-state index is -0.998. The SMILES string of the molecule is COc1cc(Cl)ccc1CCn1c(-c2cc(C(=O)O)ccn2)nc2ccccc21.COc1ccc(CCn2c(-c3cc(C(=O)O)ccn3)nc3ccccc32)cc1.Cc1cc(Cl)ccc1CCn1c(-c2cc(C(=O)O)ccn2)nc2ccccc21.O=C(O)c1ccnc(-c2nc3ccccc3n2CCc2ccc(Cl)cc2)c1. The molecule has 8 aromatic heterocycles. The van der Waals surface area contributed by atoms with Crippen LogP contribution in [0.4, 0.5) is 0 Å². The van der Waals surface area contributed by atoms with E-state index in [0.29, 0.717) is 88.7 Å². The molecule has 22 nitrogen and oxygen atoms in total. The molecule has 0 radical (unpaired) electrons. The summed E-state index contributed by atoms with van der Waals surface area (Å²) in [5.74, 6) is 0.225. The normalized spacial score (nSPS) is 11.0. The fourth-order valence-electron chi connectivity index (χ4n) is 13.0. The fraction of sp³-hybridized carbons (Fsp3) is 0.126. The van der Waals surface area contributed by atoms with Crippen molar-refractivity contribution in [1.29, 1.82) is 0 Å². The fourth-order valence-corrected chi connectivity index (χ4v) is 13.5.